The van der Waals surface area contributed by atoms with Crippen LogP contribution in [0.5, 0.6) is 0 Å². The topological polar surface area (TPSA) is 75.4 Å². The number of carbonyl (C=O) groups excluding carboxylic acids is 2. The summed E-state index contributed by atoms with van der Waals surface area (Å²) in [7, 11) is 0. The van der Waals surface area contributed by atoms with Crippen LogP contribution >= 0.6 is 0 Å². The van der Waals surface area contributed by atoms with Crippen molar-refractivity contribution >= 4 is 11.8 Å². The second-order valence-electron chi connectivity index (χ2n) is 5.35. The molecule has 2 amide bonds. The number of carbonyl (C=O) groups is 2. The highest BCUT2D eigenvalue weighted by molar-refractivity contribution is 5.85. The molecule has 1 unspecified atom stereocenters. The lowest BCUT2D eigenvalue weighted by Gasteiger charge is -2.37. The molecule has 1 aliphatic rings. The lowest BCUT2D eigenvalue weighted by atomic mass is 9.94. The van der Waals surface area contributed by atoms with Crippen molar-refractivity contribution in [1.82, 2.24) is 10.2 Å². The third-order valence-electron chi connectivity index (χ3n) is 3.31. The molecular formula is C13H25N3O2. The molecule has 5 heteroatoms. The van der Waals surface area contributed by atoms with E-state index < -0.39 is 0 Å². The van der Waals surface area contributed by atoms with Crippen molar-refractivity contribution in [3.05, 3.63) is 0 Å². The Hall–Kier alpha value is -1.10. The van der Waals surface area contributed by atoms with Crippen molar-refractivity contribution in [1.29, 1.82) is 0 Å². The maximum absolute atomic E-state index is 12.1. The first-order valence-electron chi connectivity index (χ1n) is 6.80. The Labute approximate surface area is 109 Å². The quantitative estimate of drug-likeness (QED) is 0.750. The summed E-state index contributed by atoms with van der Waals surface area (Å²) in [4.78, 5) is 25.1. The van der Waals surface area contributed by atoms with Gasteiger partial charge in [0.25, 0.3) is 0 Å². The number of piperidine rings is 1. The summed E-state index contributed by atoms with van der Waals surface area (Å²) in [6.07, 6.45) is 4.37. The molecule has 1 fully saturated rings. The normalized spacial score (nSPS) is 20.0. The minimum absolute atomic E-state index is 0.0159. The van der Waals surface area contributed by atoms with E-state index >= 15 is 0 Å². The van der Waals surface area contributed by atoms with E-state index in [4.69, 9.17) is 5.73 Å². The van der Waals surface area contributed by atoms with Gasteiger partial charge < -0.3 is 16.0 Å². The second kappa shape index (κ2) is 7.36. The van der Waals surface area contributed by atoms with E-state index in [1.807, 2.05) is 4.90 Å². The monoisotopic (exact) mass is 255 g/mol. The van der Waals surface area contributed by atoms with E-state index in [1.54, 1.807) is 0 Å². The summed E-state index contributed by atoms with van der Waals surface area (Å²) in [6.45, 7) is 5.17. The van der Waals surface area contributed by atoms with Crippen LogP contribution in [0.3, 0.4) is 0 Å². The molecular weight excluding hydrogens is 230 g/mol. The molecule has 0 aromatic carbocycles. The highest BCUT2D eigenvalue weighted by Crippen LogP contribution is 2.22. The predicted octanol–water partition coefficient (Wildman–Crippen LogP) is 0.489. The van der Waals surface area contributed by atoms with E-state index in [9.17, 15) is 9.59 Å². The third-order valence-corrected chi connectivity index (χ3v) is 3.31. The van der Waals surface area contributed by atoms with Crippen LogP contribution in [-0.2, 0) is 9.59 Å². The van der Waals surface area contributed by atoms with E-state index in [0.717, 1.165) is 25.8 Å². The van der Waals surface area contributed by atoms with Crippen LogP contribution in [-0.4, -0.2) is 42.4 Å². The molecule has 0 aliphatic carbocycles. The Morgan fingerprint density at radius 3 is 2.72 bits per heavy atom. The van der Waals surface area contributed by atoms with Crippen LogP contribution < -0.4 is 11.1 Å². The molecule has 1 saturated heterocycles. The van der Waals surface area contributed by atoms with Crippen LogP contribution in [0.15, 0.2) is 0 Å². The molecule has 0 aromatic rings. The average molecular weight is 255 g/mol. The molecule has 104 valence electrons. The highest BCUT2D eigenvalue weighted by atomic mass is 16.2. The van der Waals surface area contributed by atoms with Gasteiger partial charge in [0, 0.05) is 12.6 Å². The summed E-state index contributed by atoms with van der Waals surface area (Å²) >= 11 is 0. The van der Waals surface area contributed by atoms with Gasteiger partial charge in [0.2, 0.25) is 11.8 Å². The van der Waals surface area contributed by atoms with Gasteiger partial charge >= 0.3 is 0 Å². The lowest BCUT2D eigenvalue weighted by Crippen LogP contribution is -2.49. The van der Waals surface area contributed by atoms with Crippen molar-refractivity contribution in [3.8, 4) is 0 Å². The van der Waals surface area contributed by atoms with Gasteiger partial charge in [-0.1, -0.05) is 13.8 Å². The van der Waals surface area contributed by atoms with Gasteiger partial charge in [-0.3, -0.25) is 9.59 Å². The summed E-state index contributed by atoms with van der Waals surface area (Å²) in [6, 6.07) is 0.334. The van der Waals surface area contributed by atoms with E-state index in [-0.39, 0.29) is 24.9 Å². The molecule has 0 aromatic heterocycles. The fourth-order valence-corrected chi connectivity index (χ4v) is 2.47. The Kier molecular flexibility index (Phi) is 6.12. The van der Waals surface area contributed by atoms with Crippen molar-refractivity contribution in [3.63, 3.8) is 0 Å². The first-order chi connectivity index (χ1) is 8.54. The number of amides is 2. The Bertz CT molecular complexity index is 292. The van der Waals surface area contributed by atoms with Crippen molar-refractivity contribution in [2.24, 2.45) is 11.7 Å². The second-order valence-corrected chi connectivity index (χ2v) is 5.35. The Morgan fingerprint density at radius 1 is 1.39 bits per heavy atom. The first-order valence-corrected chi connectivity index (χ1v) is 6.80. The molecule has 0 bridgehead atoms. The van der Waals surface area contributed by atoms with Gasteiger partial charge in [-0.05, 0) is 31.6 Å². The van der Waals surface area contributed by atoms with E-state index in [0.29, 0.717) is 12.0 Å². The van der Waals surface area contributed by atoms with Crippen molar-refractivity contribution in [2.75, 3.05) is 19.6 Å². The Morgan fingerprint density at radius 2 is 2.11 bits per heavy atom. The summed E-state index contributed by atoms with van der Waals surface area (Å²) in [5.41, 5.74) is 5.19. The van der Waals surface area contributed by atoms with Crippen LogP contribution in [0.4, 0.5) is 0 Å². The zero-order chi connectivity index (χ0) is 13.5. The molecule has 1 atom stereocenters. The first kappa shape index (κ1) is 15.0. The maximum Gasteiger partial charge on any atom is 0.242 e. The molecule has 5 nitrogen and oxygen atoms in total. The molecule has 1 aliphatic heterocycles. The summed E-state index contributed by atoms with van der Waals surface area (Å²) < 4.78 is 0. The van der Waals surface area contributed by atoms with Gasteiger partial charge in [0.05, 0.1) is 13.1 Å². The molecule has 1 heterocycles. The standard InChI is InChI=1S/C13H25N3O2/c1-10(2)7-11-5-3-4-6-16(11)13(18)9-15-12(17)8-14/h10-11H,3-9,14H2,1-2H3,(H,15,17). The number of rotatable bonds is 5. The minimum atomic E-state index is -0.277. The molecule has 3 N–H and O–H groups in total. The summed E-state index contributed by atoms with van der Waals surface area (Å²) in [5.74, 6) is 0.324. The van der Waals surface area contributed by atoms with E-state index in [2.05, 4.69) is 19.2 Å². The Balaban J connectivity index is 2.49. The van der Waals surface area contributed by atoms with E-state index in [1.165, 1.54) is 6.42 Å². The van der Waals surface area contributed by atoms with Crippen molar-refractivity contribution < 1.29 is 9.59 Å². The van der Waals surface area contributed by atoms with Crippen LogP contribution in [0.1, 0.15) is 39.5 Å². The van der Waals surface area contributed by atoms with Gasteiger partial charge in [-0.15, -0.1) is 0 Å². The van der Waals surface area contributed by atoms with Crippen molar-refractivity contribution in [2.45, 2.75) is 45.6 Å². The molecule has 1 rings (SSSR count). The SMILES string of the molecule is CC(C)CC1CCCCN1C(=O)CNC(=O)CN. The molecule has 0 radical (unpaired) electrons. The van der Waals surface area contributed by atoms with Gasteiger partial charge in [-0.25, -0.2) is 0 Å². The van der Waals surface area contributed by atoms with Gasteiger partial charge in [0.15, 0.2) is 0 Å². The largest absolute Gasteiger partial charge is 0.346 e. The number of nitrogens with one attached hydrogen (secondary N) is 1. The number of likely N-dealkylation sites (tertiary alicyclic amines) is 1. The molecule has 0 spiro atoms. The number of nitrogens with zero attached hydrogens (tertiary/aromatic N) is 1. The number of hydrogen-bond acceptors (Lipinski definition) is 3. The molecule has 18 heavy (non-hydrogen) atoms. The van der Waals surface area contributed by atoms with Crippen LogP contribution in [0.25, 0.3) is 0 Å². The highest BCUT2D eigenvalue weighted by Gasteiger charge is 2.26. The minimum Gasteiger partial charge on any atom is -0.346 e. The van der Waals surface area contributed by atoms with Crippen LogP contribution in [0, 0.1) is 5.92 Å². The third kappa shape index (κ3) is 4.64. The van der Waals surface area contributed by atoms with Gasteiger partial charge in [0.1, 0.15) is 0 Å². The summed E-state index contributed by atoms with van der Waals surface area (Å²) in [5, 5.41) is 2.55. The fourth-order valence-electron chi connectivity index (χ4n) is 2.47. The lowest BCUT2D eigenvalue weighted by molar-refractivity contribution is -0.136. The smallest absolute Gasteiger partial charge is 0.242 e. The van der Waals surface area contributed by atoms with Crippen LogP contribution in [0.2, 0.25) is 0 Å². The number of nitrogens with two attached hydrogens (primary N) is 1. The maximum atomic E-state index is 12.1. The fraction of sp³-hybridized carbons (Fsp3) is 0.846. The van der Waals surface area contributed by atoms with Gasteiger partial charge in [-0.2, -0.15) is 0 Å². The molecule has 0 saturated carbocycles. The predicted molar refractivity (Wildman–Crippen MR) is 70.9 cm³/mol. The number of hydrogen-bond donors (Lipinski definition) is 2. The average Bonchev–Trinajstić information content (AvgIpc) is 2.35. The zero-order valence-corrected chi connectivity index (χ0v) is 11.4. The zero-order valence-electron chi connectivity index (χ0n) is 11.4.